The van der Waals surface area contributed by atoms with Crippen molar-refractivity contribution < 1.29 is 0 Å². The Morgan fingerprint density at radius 3 is 2.52 bits per heavy atom. The van der Waals surface area contributed by atoms with Crippen LogP contribution in [-0.4, -0.2) is 18.1 Å². The van der Waals surface area contributed by atoms with Gasteiger partial charge in [-0.2, -0.15) is 5.26 Å². The molecule has 2 aromatic rings. The summed E-state index contributed by atoms with van der Waals surface area (Å²) in [5, 5.41) is 12.5. The van der Waals surface area contributed by atoms with Gasteiger partial charge < -0.3 is 10.2 Å². The Morgan fingerprint density at radius 2 is 1.86 bits per heavy atom. The van der Waals surface area contributed by atoms with Crippen molar-refractivity contribution in [2.45, 2.75) is 12.8 Å². The van der Waals surface area contributed by atoms with Gasteiger partial charge in [-0.05, 0) is 43.2 Å². The van der Waals surface area contributed by atoms with Crippen LogP contribution in [0.25, 0.3) is 0 Å². The van der Waals surface area contributed by atoms with Crippen LogP contribution in [0.2, 0.25) is 5.02 Å². The molecule has 0 unspecified atom stereocenters. The van der Waals surface area contributed by atoms with E-state index in [1.807, 2.05) is 18.2 Å². The van der Waals surface area contributed by atoms with Crippen LogP contribution >= 0.6 is 11.6 Å². The molecule has 21 heavy (non-hydrogen) atoms. The van der Waals surface area contributed by atoms with Crippen molar-refractivity contribution >= 4 is 28.8 Å². The van der Waals surface area contributed by atoms with Crippen molar-refractivity contribution in [2.75, 3.05) is 23.3 Å². The smallest absolute Gasteiger partial charge is 0.150 e. The largest absolute Gasteiger partial charge is 0.372 e. The summed E-state index contributed by atoms with van der Waals surface area (Å²) in [5.74, 6) is 0.504. The van der Waals surface area contributed by atoms with Crippen molar-refractivity contribution in [2.24, 2.45) is 0 Å². The quantitative estimate of drug-likeness (QED) is 0.932. The van der Waals surface area contributed by atoms with E-state index >= 15 is 0 Å². The Labute approximate surface area is 129 Å². The fourth-order valence-corrected chi connectivity index (χ4v) is 2.69. The lowest BCUT2D eigenvalue weighted by Crippen LogP contribution is -2.17. The van der Waals surface area contributed by atoms with Gasteiger partial charge in [0.25, 0.3) is 0 Å². The third-order valence-electron chi connectivity index (χ3n) is 3.61. The monoisotopic (exact) mass is 298 g/mol. The first-order valence-electron chi connectivity index (χ1n) is 6.94. The number of halogens is 1. The van der Waals surface area contributed by atoms with E-state index in [1.54, 1.807) is 12.3 Å². The Balaban J connectivity index is 1.78. The van der Waals surface area contributed by atoms with Gasteiger partial charge in [0.05, 0.1) is 5.56 Å². The van der Waals surface area contributed by atoms with Crippen LogP contribution in [0.4, 0.5) is 17.2 Å². The number of benzene rings is 1. The molecular weight excluding hydrogens is 284 g/mol. The zero-order valence-corrected chi connectivity index (χ0v) is 12.3. The second-order valence-corrected chi connectivity index (χ2v) is 5.38. The minimum absolute atomic E-state index is 0.351. The molecule has 1 aromatic heterocycles. The number of nitrogens with zero attached hydrogens (tertiary/aromatic N) is 3. The molecule has 0 amide bonds. The fourth-order valence-electron chi connectivity index (χ4n) is 2.48. The van der Waals surface area contributed by atoms with E-state index in [0.717, 1.165) is 18.8 Å². The van der Waals surface area contributed by atoms with Crippen LogP contribution < -0.4 is 10.2 Å². The summed E-state index contributed by atoms with van der Waals surface area (Å²) >= 11 is 6.14. The average Bonchev–Trinajstić information content (AvgIpc) is 3.04. The molecule has 1 aliphatic heterocycles. The van der Waals surface area contributed by atoms with Crippen LogP contribution in [0, 0.1) is 11.3 Å². The fraction of sp³-hybridized carbons (Fsp3) is 0.250. The predicted octanol–water partition coefficient (Wildman–Crippen LogP) is 3.95. The number of nitrogens with one attached hydrogen (secondary N) is 1. The van der Waals surface area contributed by atoms with Crippen molar-refractivity contribution in [3.63, 3.8) is 0 Å². The maximum absolute atomic E-state index is 8.97. The zero-order chi connectivity index (χ0) is 14.7. The molecule has 4 nitrogen and oxygen atoms in total. The van der Waals surface area contributed by atoms with Crippen LogP contribution in [0.3, 0.4) is 0 Å². The van der Waals surface area contributed by atoms with Crippen molar-refractivity contribution in [3.8, 4) is 6.07 Å². The Bertz CT molecular complexity index is 670. The number of rotatable bonds is 3. The molecule has 0 spiro atoms. The first-order chi connectivity index (χ1) is 10.3. The van der Waals surface area contributed by atoms with Crippen molar-refractivity contribution in [1.82, 2.24) is 4.98 Å². The first kappa shape index (κ1) is 13.7. The highest BCUT2D eigenvalue weighted by Gasteiger charge is 2.12. The molecule has 3 rings (SSSR count). The van der Waals surface area contributed by atoms with Gasteiger partial charge in [0.1, 0.15) is 11.1 Å². The molecule has 1 aromatic carbocycles. The van der Waals surface area contributed by atoms with Gasteiger partial charge >= 0.3 is 0 Å². The molecule has 0 radical (unpaired) electrons. The minimum Gasteiger partial charge on any atom is -0.372 e. The van der Waals surface area contributed by atoms with E-state index in [1.165, 1.54) is 18.5 Å². The summed E-state index contributed by atoms with van der Waals surface area (Å²) in [5.41, 5.74) is 2.56. The lowest BCUT2D eigenvalue weighted by atomic mass is 10.2. The zero-order valence-electron chi connectivity index (χ0n) is 11.5. The van der Waals surface area contributed by atoms with E-state index < -0.39 is 0 Å². The summed E-state index contributed by atoms with van der Waals surface area (Å²) in [6.45, 7) is 2.26. The molecule has 0 atom stereocenters. The van der Waals surface area contributed by atoms with Gasteiger partial charge in [0.15, 0.2) is 5.82 Å². The highest BCUT2D eigenvalue weighted by atomic mass is 35.5. The second-order valence-electron chi connectivity index (χ2n) is 5.00. The molecule has 5 heteroatoms. The van der Waals surface area contributed by atoms with Gasteiger partial charge in [-0.15, -0.1) is 0 Å². The van der Waals surface area contributed by atoms with Crippen LogP contribution in [-0.2, 0) is 0 Å². The Kier molecular flexibility index (Phi) is 3.94. The topological polar surface area (TPSA) is 52.0 Å². The van der Waals surface area contributed by atoms with E-state index in [0.29, 0.717) is 16.4 Å². The number of nitriles is 1. The number of pyridine rings is 1. The Morgan fingerprint density at radius 1 is 1.14 bits per heavy atom. The van der Waals surface area contributed by atoms with Crippen molar-refractivity contribution in [3.05, 3.63) is 47.1 Å². The molecular formula is C16H15ClN4. The number of hydrogen-bond acceptors (Lipinski definition) is 4. The highest BCUT2D eigenvalue weighted by Crippen LogP contribution is 2.27. The summed E-state index contributed by atoms with van der Waals surface area (Å²) in [6, 6.07) is 11.8. The van der Waals surface area contributed by atoms with Gasteiger partial charge in [0.2, 0.25) is 0 Å². The molecule has 0 bridgehead atoms. The lowest BCUT2D eigenvalue weighted by Gasteiger charge is -2.18. The second kappa shape index (κ2) is 6.02. The molecule has 2 heterocycles. The lowest BCUT2D eigenvalue weighted by molar-refractivity contribution is 0.949. The van der Waals surface area contributed by atoms with Crippen LogP contribution in [0.5, 0.6) is 0 Å². The van der Waals surface area contributed by atoms with E-state index in [2.05, 4.69) is 27.3 Å². The van der Waals surface area contributed by atoms with Gasteiger partial charge in [-0.25, -0.2) is 4.98 Å². The molecule has 1 N–H and O–H groups in total. The maximum Gasteiger partial charge on any atom is 0.150 e. The standard InChI is InChI=1S/C16H15ClN4/c17-15-12(11-18)7-8-19-16(15)20-13-3-5-14(6-4-13)21-9-1-2-10-21/h3-8H,1-2,9-10H2,(H,19,20). The predicted molar refractivity (Wildman–Crippen MR) is 85.1 cm³/mol. The molecule has 0 aliphatic carbocycles. The summed E-state index contributed by atoms with van der Waals surface area (Å²) < 4.78 is 0. The normalized spacial score (nSPS) is 14.0. The van der Waals surface area contributed by atoms with Crippen molar-refractivity contribution in [1.29, 1.82) is 5.26 Å². The minimum atomic E-state index is 0.351. The molecule has 106 valence electrons. The van der Waals surface area contributed by atoms with Gasteiger partial charge in [-0.1, -0.05) is 11.6 Å². The van der Waals surface area contributed by atoms with Crippen LogP contribution in [0.1, 0.15) is 18.4 Å². The van der Waals surface area contributed by atoms with Crippen LogP contribution in [0.15, 0.2) is 36.5 Å². The van der Waals surface area contributed by atoms with Gasteiger partial charge in [-0.3, -0.25) is 0 Å². The third kappa shape index (κ3) is 2.93. The van der Waals surface area contributed by atoms with E-state index in [-0.39, 0.29) is 0 Å². The maximum atomic E-state index is 8.97. The number of aromatic nitrogens is 1. The highest BCUT2D eigenvalue weighted by molar-refractivity contribution is 6.34. The summed E-state index contributed by atoms with van der Waals surface area (Å²) in [6.07, 6.45) is 4.10. The molecule has 1 saturated heterocycles. The summed E-state index contributed by atoms with van der Waals surface area (Å²) in [4.78, 5) is 6.56. The third-order valence-corrected chi connectivity index (χ3v) is 3.99. The van der Waals surface area contributed by atoms with E-state index in [9.17, 15) is 0 Å². The van der Waals surface area contributed by atoms with Gasteiger partial charge in [0, 0.05) is 30.7 Å². The Hall–Kier alpha value is -2.25. The molecule has 1 aliphatic rings. The van der Waals surface area contributed by atoms with E-state index in [4.69, 9.17) is 16.9 Å². The SMILES string of the molecule is N#Cc1ccnc(Nc2ccc(N3CCCC3)cc2)c1Cl. The first-order valence-corrected chi connectivity index (χ1v) is 7.32. The number of hydrogen-bond donors (Lipinski definition) is 1. The summed E-state index contributed by atoms with van der Waals surface area (Å²) in [7, 11) is 0. The number of anilines is 3. The molecule has 1 fully saturated rings. The molecule has 0 saturated carbocycles. The average molecular weight is 299 g/mol.